The Balaban J connectivity index is 3.02. The van der Waals surface area contributed by atoms with Crippen molar-refractivity contribution in [3.05, 3.63) is 18.2 Å². The van der Waals surface area contributed by atoms with E-state index in [4.69, 9.17) is 4.74 Å². The minimum Gasteiger partial charge on any atom is -0.507 e. The molecular formula is C8H10O2S. The van der Waals surface area contributed by atoms with Crippen LogP contribution in [0.5, 0.6) is 11.5 Å². The molecule has 0 aliphatic heterocycles. The Labute approximate surface area is 70.2 Å². The lowest BCUT2D eigenvalue weighted by atomic mass is 10.3. The number of aromatic hydroxyl groups is 1. The van der Waals surface area contributed by atoms with Crippen molar-refractivity contribution in [3.8, 4) is 11.5 Å². The van der Waals surface area contributed by atoms with E-state index in [1.54, 1.807) is 25.3 Å². The summed E-state index contributed by atoms with van der Waals surface area (Å²) in [5.74, 6) is 1.07. The van der Waals surface area contributed by atoms with Crippen LogP contribution in [0.1, 0.15) is 0 Å². The van der Waals surface area contributed by atoms with Crippen LogP contribution >= 0.6 is 11.8 Å². The zero-order valence-corrected chi connectivity index (χ0v) is 7.31. The van der Waals surface area contributed by atoms with E-state index in [9.17, 15) is 5.11 Å². The Bertz CT molecular complexity index is 248. The zero-order valence-electron chi connectivity index (χ0n) is 6.50. The summed E-state index contributed by atoms with van der Waals surface area (Å²) in [6.45, 7) is 0. The number of phenolic OH excluding ortho intramolecular Hbond substituents is 1. The van der Waals surface area contributed by atoms with Gasteiger partial charge in [-0.3, -0.25) is 0 Å². The molecule has 1 N–H and O–H groups in total. The van der Waals surface area contributed by atoms with Crippen molar-refractivity contribution < 1.29 is 9.84 Å². The molecule has 0 aliphatic rings. The van der Waals surface area contributed by atoms with Crippen LogP contribution in [0, 0.1) is 0 Å². The first-order valence-corrected chi connectivity index (χ1v) is 4.41. The fraction of sp³-hybridized carbons (Fsp3) is 0.250. The van der Waals surface area contributed by atoms with Gasteiger partial charge in [-0.25, -0.2) is 0 Å². The van der Waals surface area contributed by atoms with Crippen molar-refractivity contribution >= 4 is 11.8 Å². The highest BCUT2D eigenvalue weighted by Crippen LogP contribution is 2.29. The Morgan fingerprint density at radius 3 is 2.73 bits per heavy atom. The highest BCUT2D eigenvalue weighted by atomic mass is 32.2. The van der Waals surface area contributed by atoms with E-state index in [-0.39, 0.29) is 0 Å². The number of hydrogen-bond acceptors (Lipinski definition) is 3. The molecule has 0 atom stereocenters. The quantitative estimate of drug-likeness (QED) is 0.689. The summed E-state index contributed by atoms with van der Waals surface area (Å²) in [5.41, 5.74) is 0. The molecule has 0 fully saturated rings. The summed E-state index contributed by atoms with van der Waals surface area (Å²) in [6.07, 6.45) is 1.91. The molecule has 0 saturated carbocycles. The lowest BCUT2D eigenvalue weighted by Crippen LogP contribution is -1.82. The van der Waals surface area contributed by atoms with Gasteiger partial charge in [-0.05, 0) is 24.5 Å². The average Bonchev–Trinajstić information content (AvgIpc) is 2.05. The molecule has 0 saturated heterocycles. The molecule has 0 heterocycles. The van der Waals surface area contributed by atoms with Gasteiger partial charge in [-0.2, -0.15) is 0 Å². The van der Waals surface area contributed by atoms with Crippen molar-refractivity contribution in [3.63, 3.8) is 0 Å². The van der Waals surface area contributed by atoms with Gasteiger partial charge in [0.15, 0.2) is 0 Å². The highest BCUT2D eigenvalue weighted by molar-refractivity contribution is 7.98. The van der Waals surface area contributed by atoms with Gasteiger partial charge >= 0.3 is 0 Å². The smallest absolute Gasteiger partial charge is 0.129 e. The van der Waals surface area contributed by atoms with Crippen LogP contribution in [0.15, 0.2) is 23.1 Å². The SMILES string of the molecule is COc1ccc(O)c(SC)c1. The summed E-state index contributed by atoms with van der Waals surface area (Å²) in [7, 11) is 1.61. The molecule has 0 aromatic heterocycles. The van der Waals surface area contributed by atoms with Crippen LogP contribution in [0.2, 0.25) is 0 Å². The van der Waals surface area contributed by atoms with Crippen molar-refractivity contribution in [2.45, 2.75) is 4.90 Å². The minimum absolute atomic E-state index is 0.304. The van der Waals surface area contributed by atoms with Crippen LogP contribution < -0.4 is 4.74 Å². The molecule has 1 aromatic carbocycles. The zero-order chi connectivity index (χ0) is 8.27. The second-order valence-electron chi connectivity index (χ2n) is 2.04. The molecule has 0 radical (unpaired) electrons. The first-order valence-electron chi connectivity index (χ1n) is 3.19. The van der Waals surface area contributed by atoms with Crippen molar-refractivity contribution in [2.75, 3.05) is 13.4 Å². The molecular weight excluding hydrogens is 160 g/mol. The molecule has 3 heteroatoms. The molecule has 1 rings (SSSR count). The van der Waals surface area contributed by atoms with Crippen LogP contribution in [0.4, 0.5) is 0 Å². The van der Waals surface area contributed by atoms with E-state index in [0.29, 0.717) is 5.75 Å². The van der Waals surface area contributed by atoms with E-state index in [2.05, 4.69) is 0 Å². The third-order valence-electron chi connectivity index (χ3n) is 1.39. The maximum atomic E-state index is 9.25. The van der Waals surface area contributed by atoms with Gasteiger partial charge in [0.1, 0.15) is 11.5 Å². The minimum atomic E-state index is 0.304. The number of rotatable bonds is 2. The summed E-state index contributed by atoms with van der Waals surface area (Å²) in [4.78, 5) is 0.837. The van der Waals surface area contributed by atoms with Crippen LogP contribution in [-0.4, -0.2) is 18.5 Å². The molecule has 1 aromatic rings. The van der Waals surface area contributed by atoms with Crippen molar-refractivity contribution in [1.82, 2.24) is 0 Å². The molecule has 60 valence electrons. The number of benzene rings is 1. The van der Waals surface area contributed by atoms with Gasteiger partial charge in [-0.15, -0.1) is 11.8 Å². The van der Waals surface area contributed by atoms with E-state index in [1.807, 2.05) is 6.26 Å². The van der Waals surface area contributed by atoms with E-state index >= 15 is 0 Å². The second-order valence-corrected chi connectivity index (χ2v) is 2.89. The predicted molar refractivity (Wildman–Crippen MR) is 46.4 cm³/mol. The number of thioether (sulfide) groups is 1. The first kappa shape index (κ1) is 8.27. The Morgan fingerprint density at radius 2 is 2.18 bits per heavy atom. The Kier molecular flexibility index (Phi) is 2.65. The van der Waals surface area contributed by atoms with Crippen molar-refractivity contribution in [1.29, 1.82) is 0 Å². The second kappa shape index (κ2) is 3.53. The first-order chi connectivity index (χ1) is 5.27. The van der Waals surface area contributed by atoms with E-state index in [1.165, 1.54) is 11.8 Å². The molecule has 11 heavy (non-hydrogen) atoms. The standard InChI is InChI=1S/C8H10O2S/c1-10-6-3-4-7(9)8(5-6)11-2/h3-5,9H,1-2H3. The summed E-state index contributed by atoms with van der Waals surface area (Å²) in [6, 6.07) is 5.17. The third-order valence-corrected chi connectivity index (χ3v) is 2.15. The van der Waals surface area contributed by atoms with Crippen molar-refractivity contribution in [2.24, 2.45) is 0 Å². The van der Waals surface area contributed by atoms with Gasteiger partial charge in [0.25, 0.3) is 0 Å². The average molecular weight is 170 g/mol. The van der Waals surface area contributed by atoms with Crippen LogP contribution in [0.25, 0.3) is 0 Å². The predicted octanol–water partition coefficient (Wildman–Crippen LogP) is 2.12. The fourth-order valence-electron chi connectivity index (χ4n) is 0.785. The summed E-state index contributed by atoms with van der Waals surface area (Å²) < 4.78 is 4.99. The number of ether oxygens (including phenoxy) is 1. The highest BCUT2D eigenvalue weighted by Gasteiger charge is 1.99. The Morgan fingerprint density at radius 1 is 1.45 bits per heavy atom. The third kappa shape index (κ3) is 1.80. The maximum Gasteiger partial charge on any atom is 0.129 e. The van der Waals surface area contributed by atoms with Gasteiger partial charge < -0.3 is 9.84 Å². The normalized spacial score (nSPS) is 9.64. The van der Waals surface area contributed by atoms with Gasteiger partial charge in [0, 0.05) is 0 Å². The lowest BCUT2D eigenvalue weighted by molar-refractivity contribution is 0.409. The maximum absolute atomic E-state index is 9.25. The largest absolute Gasteiger partial charge is 0.507 e. The van der Waals surface area contributed by atoms with Crippen LogP contribution in [-0.2, 0) is 0 Å². The topological polar surface area (TPSA) is 29.5 Å². The molecule has 0 spiro atoms. The lowest BCUT2D eigenvalue weighted by Gasteiger charge is -2.03. The van der Waals surface area contributed by atoms with Crippen LogP contribution in [0.3, 0.4) is 0 Å². The number of phenols is 1. The van der Waals surface area contributed by atoms with Gasteiger partial charge in [-0.1, -0.05) is 0 Å². The summed E-state index contributed by atoms with van der Waals surface area (Å²) >= 11 is 1.49. The van der Waals surface area contributed by atoms with E-state index in [0.717, 1.165) is 10.6 Å². The molecule has 2 nitrogen and oxygen atoms in total. The fourth-order valence-corrected chi connectivity index (χ4v) is 1.30. The molecule has 0 amide bonds. The van der Waals surface area contributed by atoms with Gasteiger partial charge in [0.05, 0.1) is 12.0 Å². The number of hydrogen-bond donors (Lipinski definition) is 1. The monoisotopic (exact) mass is 170 g/mol. The number of methoxy groups -OCH3 is 1. The molecule has 0 unspecified atom stereocenters. The van der Waals surface area contributed by atoms with Gasteiger partial charge in [0.2, 0.25) is 0 Å². The Hall–Kier alpha value is -0.830. The van der Waals surface area contributed by atoms with E-state index < -0.39 is 0 Å². The molecule has 0 bridgehead atoms. The summed E-state index contributed by atoms with van der Waals surface area (Å²) in [5, 5.41) is 9.25. The molecule has 0 aliphatic carbocycles.